The van der Waals surface area contributed by atoms with Crippen molar-refractivity contribution in [3.63, 3.8) is 0 Å². The first-order valence-corrected chi connectivity index (χ1v) is 12.6. The molecule has 1 amide bonds. The number of anilines is 2. The summed E-state index contributed by atoms with van der Waals surface area (Å²) in [6.07, 6.45) is 0.392. The first-order chi connectivity index (χ1) is 15.8. The van der Waals surface area contributed by atoms with Crippen molar-refractivity contribution in [2.75, 3.05) is 18.0 Å². The lowest BCUT2D eigenvalue weighted by atomic mass is 10.1. The van der Waals surface area contributed by atoms with Gasteiger partial charge in [0, 0.05) is 13.1 Å². The van der Waals surface area contributed by atoms with E-state index in [1.165, 1.54) is 0 Å². The van der Waals surface area contributed by atoms with Gasteiger partial charge in [-0.2, -0.15) is 4.72 Å². The molecule has 0 saturated carbocycles. The Labute approximate surface area is 217 Å². The van der Waals surface area contributed by atoms with Gasteiger partial charge >= 0.3 is 0 Å². The lowest BCUT2D eigenvalue weighted by Crippen LogP contribution is -2.46. The Hall–Kier alpha value is -2.15. The second kappa shape index (κ2) is 12.0. The molecule has 0 bridgehead atoms. The van der Waals surface area contributed by atoms with Crippen molar-refractivity contribution in [1.29, 1.82) is 0 Å². The number of carbonyl (C=O) groups is 1. The third-order valence-electron chi connectivity index (χ3n) is 4.53. The number of guanidine groups is 1. The van der Waals surface area contributed by atoms with E-state index >= 15 is 0 Å². The highest BCUT2D eigenvalue weighted by molar-refractivity contribution is 7.89. The van der Waals surface area contributed by atoms with E-state index in [1.54, 1.807) is 12.1 Å². The zero-order valence-electron chi connectivity index (χ0n) is 17.6. The number of nitrogens with two attached hydrogens (primary N) is 4. The van der Waals surface area contributed by atoms with Crippen LogP contribution >= 0.6 is 46.4 Å². The highest BCUT2D eigenvalue weighted by atomic mass is 35.5. The number of nitrogens with one attached hydrogen (secondary N) is 2. The summed E-state index contributed by atoms with van der Waals surface area (Å²) in [5.41, 5.74) is 22.8. The van der Waals surface area contributed by atoms with Crippen molar-refractivity contribution >= 4 is 79.7 Å². The molecule has 15 heteroatoms. The number of nitrogen functional groups attached to an aromatic ring is 2. The molecule has 1 atom stereocenters. The van der Waals surface area contributed by atoms with E-state index in [0.29, 0.717) is 12.0 Å². The number of benzene rings is 2. The van der Waals surface area contributed by atoms with Crippen molar-refractivity contribution in [2.24, 2.45) is 16.5 Å². The Bertz CT molecular complexity index is 1160. The van der Waals surface area contributed by atoms with Gasteiger partial charge in [0.2, 0.25) is 15.9 Å². The molecule has 0 spiro atoms. The number of rotatable bonds is 10. The minimum atomic E-state index is -4.20. The van der Waals surface area contributed by atoms with Crippen LogP contribution in [0.2, 0.25) is 20.1 Å². The van der Waals surface area contributed by atoms with E-state index in [2.05, 4.69) is 15.0 Å². The smallest absolute Gasteiger partial charge is 0.241 e. The molecule has 0 heterocycles. The van der Waals surface area contributed by atoms with Gasteiger partial charge in [-0.3, -0.25) is 9.79 Å². The maximum atomic E-state index is 12.9. The summed E-state index contributed by atoms with van der Waals surface area (Å²) in [4.78, 5) is 16.5. The summed E-state index contributed by atoms with van der Waals surface area (Å²) in [6, 6.07) is 4.18. The molecule has 186 valence electrons. The molecule has 0 aliphatic rings. The average molecular weight is 571 g/mol. The Morgan fingerprint density at radius 2 is 1.44 bits per heavy atom. The van der Waals surface area contributed by atoms with Crippen molar-refractivity contribution in [3.05, 3.63) is 49.9 Å². The number of hydrogen-bond donors (Lipinski definition) is 6. The van der Waals surface area contributed by atoms with Gasteiger partial charge < -0.3 is 28.3 Å². The Morgan fingerprint density at radius 1 is 0.941 bits per heavy atom. The van der Waals surface area contributed by atoms with Gasteiger partial charge in [0.15, 0.2) is 5.96 Å². The van der Waals surface area contributed by atoms with Crippen molar-refractivity contribution in [3.8, 4) is 0 Å². The largest absolute Gasteiger partial charge is 0.396 e. The minimum absolute atomic E-state index is 0.0181. The van der Waals surface area contributed by atoms with Crippen molar-refractivity contribution in [1.82, 2.24) is 10.0 Å². The van der Waals surface area contributed by atoms with Gasteiger partial charge in [0.05, 0.1) is 36.4 Å². The van der Waals surface area contributed by atoms with Crippen LogP contribution in [-0.4, -0.2) is 32.9 Å². The summed E-state index contributed by atoms with van der Waals surface area (Å²) >= 11 is 24.0. The summed E-state index contributed by atoms with van der Waals surface area (Å²) < 4.78 is 28.2. The number of amides is 1. The molecular formula is C19H23Cl4N7O3S. The molecular weight excluding hydrogens is 548 g/mol. The van der Waals surface area contributed by atoms with Gasteiger partial charge in [-0.15, -0.1) is 0 Å². The zero-order chi connectivity index (χ0) is 25.6. The molecule has 34 heavy (non-hydrogen) atoms. The van der Waals surface area contributed by atoms with Crippen molar-refractivity contribution in [2.45, 2.75) is 30.3 Å². The number of carbonyl (C=O) groups excluding carboxylic acids is 1. The second-order valence-electron chi connectivity index (χ2n) is 7.11. The molecule has 0 aliphatic carbocycles. The maximum absolute atomic E-state index is 12.9. The van der Waals surface area contributed by atoms with Crippen LogP contribution in [0.5, 0.6) is 0 Å². The predicted octanol–water partition coefficient (Wildman–Crippen LogP) is 2.48. The van der Waals surface area contributed by atoms with Crippen LogP contribution in [0.25, 0.3) is 0 Å². The third-order valence-corrected chi connectivity index (χ3v) is 7.23. The van der Waals surface area contributed by atoms with Gasteiger partial charge in [-0.25, -0.2) is 8.42 Å². The standard InChI is InChI=1S/C19H23Cl4N7O3S/c20-11-4-9(5-12(21)16(11)24)8-29-18(31)15(2-1-3-28-19(26)27)30-34(32,33)10-6-13(22)17(25)14(23)7-10/h4-7,15,30H,1-3,8,24-25H2,(H,29,31)(H4,26,27,28)/t15-/m1/s1. The van der Waals surface area contributed by atoms with E-state index in [9.17, 15) is 13.2 Å². The summed E-state index contributed by atoms with van der Waals surface area (Å²) in [6.45, 7) is 0.209. The zero-order valence-corrected chi connectivity index (χ0v) is 21.5. The summed E-state index contributed by atoms with van der Waals surface area (Å²) in [7, 11) is -4.20. The first kappa shape index (κ1) is 28.1. The Morgan fingerprint density at radius 3 is 1.94 bits per heavy atom. The molecule has 0 unspecified atom stereocenters. The molecule has 0 aliphatic heterocycles. The van der Waals surface area contributed by atoms with Crippen LogP contribution < -0.4 is 33.0 Å². The molecule has 0 aromatic heterocycles. The number of hydrogen-bond acceptors (Lipinski definition) is 6. The fourth-order valence-corrected chi connectivity index (χ4v) is 5.20. The highest BCUT2D eigenvalue weighted by Crippen LogP contribution is 2.31. The van der Waals surface area contributed by atoms with E-state index in [-0.39, 0.29) is 61.8 Å². The van der Waals surface area contributed by atoms with Gasteiger partial charge in [0.25, 0.3) is 0 Å². The van der Waals surface area contributed by atoms with Crippen LogP contribution in [0.4, 0.5) is 11.4 Å². The van der Waals surface area contributed by atoms with E-state index in [1.807, 2.05) is 0 Å². The average Bonchev–Trinajstić information content (AvgIpc) is 2.75. The predicted molar refractivity (Wildman–Crippen MR) is 138 cm³/mol. The topological polar surface area (TPSA) is 192 Å². The lowest BCUT2D eigenvalue weighted by molar-refractivity contribution is -0.123. The number of nitrogens with zero attached hydrogens (tertiary/aromatic N) is 1. The maximum Gasteiger partial charge on any atom is 0.241 e. The van der Waals surface area contributed by atoms with Crippen molar-refractivity contribution < 1.29 is 13.2 Å². The summed E-state index contributed by atoms with van der Waals surface area (Å²) in [5.74, 6) is -0.727. The molecule has 2 aromatic rings. The van der Waals surface area contributed by atoms with Gasteiger partial charge in [-0.1, -0.05) is 46.4 Å². The number of halogens is 4. The van der Waals surface area contributed by atoms with E-state index in [4.69, 9.17) is 69.3 Å². The minimum Gasteiger partial charge on any atom is -0.396 e. The van der Waals surface area contributed by atoms with Gasteiger partial charge in [0.1, 0.15) is 6.04 Å². The van der Waals surface area contributed by atoms with Crippen LogP contribution in [0.15, 0.2) is 34.2 Å². The number of aliphatic imine (C=N–C) groups is 1. The van der Waals surface area contributed by atoms with Crippen LogP contribution in [0.1, 0.15) is 18.4 Å². The monoisotopic (exact) mass is 569 g/mol. The van der Waals surface area contributed by atoms with Crippen LogP contribution in [-0.2, 0) is 21.4 Å². The molecule has 2 rings (SSSR count). The quantitative estimate of drug-likeness (QED) is 0.109. The molecule has 2 aromatic carbocycles. The SMILES string of the molecule is NC(N)=NCCC[C@@H](NS(=O)(=O)c1cc(Cl)c(N)c(Cl)c1)C(=O)NCc1cc(Cl)c(N)c(Cl)c1. The van der Waals surface area contributed by atoms with Crippen LogP contribution in [0, 0.1) is 0 Å². The third kappa shape index (κ3) is 7.69. The Balaban J connectivity index is 2.22. The first-order valence-electron chi connectivity index (χ1n) is 9.65. The lowest BCUT2D eigenvalue weighted by Gasteiger charge is -2.19. The fourth-order valence-electron chi connectivity index (χ4n) is 2.77. The second-order valence-corrected chi connectivity index (χ2v) is 10.5. The van der Waals surface area contributed by atoms with Crippen LogP contribution in [0.3, 0.4) is 0 Å². The van der Waals surface area contributed by atoms with Gasteiger partial charge in [-0.05, 0) is 42.7 Å². The highest BCUT2D eigenvalue weighted by Gasteiger charge is 2.26. The Kier molecular flexibility index (Phi) is 9.92. The van der Waals surface area contributed by atoms with E-state index < -0.39 is 22.0 Å². The molecule has 10 nitrogen and oxygen atoms in total. The molecule has 0 fully saturated rings. The normalized spacial score (nSPS) is 12.2. The molecule has 0 radical (unpaired) electrons. The van der Waals surface area contributed by atoms with E-state index in [0.717, 1.165) is 12.1 Å². The fraction of sp³-hybridized carbons (Fsp3) is 0.263. The molecule has 0 saturated heterocycles. The summed E-state index contributed by atoms with van der Waals surface area (Å²) in [5, 5.41) is 3.01. The number of sulfonamides is 1. The molecule has 10 N–H and O–H groups in total.